The van der Waals surface area contributed by atoms with Crippen LogP contribution in [-0.2, 0) is 0 Å². The molecule has 0 radical (unpaired) electrons. The Morgan fingerprint density at radius 3 is 2.59 bits per heavy atom. The molecule has 1 aromatic rings. The average Bonchev–Trinajstić information content (AvgIpc) is 2.24. The van der Waals surface area contributed by atoms with E-state index < -0.39 is 0 Å². The molecule has 0 unspecified atom stereocenters. The van der Waals surface area contributed by atoms with E-state index in [9.17, 15) is 4.79 Å². The van der Waals surface area contributed by atoms with Gasteiger partial charge in [0.2, 0.25) is 0 Å². The molecule has 0 aliphatic carbocycles. The lowest BCUT2D eigenvalue weighted by molar-refractivity contribution is 0.0940. The van der Waals surface area contributed by atoms with Gasteiger partial charge in [-0.05, 0) is 36.1 Å². The zero-order valence-corrected chi connectivity index (χ0v) is 12.7. The molecule has 0 aliphatic heterocycles. The van der Waals surface area contributed by atoms with Gasteiger partial charge in [-0.3, -0.25) is 4.79 Å². The number of benzene rings is 1. The Hall–Kier alpha value is -0.540. The van der Waals surface area contributed by atoms with E-state index in [1.54, 1.807) is 6.07 Å². The van der Waals surface area contributed by atoms with Crippen molar-refractivity contribution in [3.63, 3.8) is 0 Å². The van der Waals surface area contributed by atoms with Crippen LogP contribution in [0.2, 0.25) is 5.02 Å². The maximum Gasteiger partial charge on any atom is 0.251 e. The van der Waals surface area contributed by atoms with Gasteiger partial charge in [0.15, 0.2) is 0 Å². The van der Waals surface area contributed by atoms with Gasteiger partial charge in [0.25, 0.3) is 5.91 Å². The fraction of sp³-hybridized carbons (Fsp3) is 0.462. The topological polar surface area (TPSA) is 29.1 Å². The third kappa shape index (κ3) is 4.68. The SMILES string of the molecule is Cc1cc(Cl)cc(C(=O)NCC(C)(C)CBr)c1. The summed E-state index contributed by atoms with van der Waals surface area (Å²) in [6.45, 7) is 6.73. The molecule has 0 saturated heterocycles. The lowest BCUT2D eigenvalue weighted by Crippen LogP contribution is -2.34. The Labute approximate surface area is 116 Å². The summed E-state index contributed by atoms with van der Waals surface area (Å²) in [4.78, 5) is 11.9. The maximum atomic E-state index is 11.9. The van der Waals surface area contributed by atoms with Gasteiger partial charge in [0.1, 0.15) is 0 Å². The summed E-state index contributed by atoms with van der Waals surface area (Å²) in [7, 11) is 0. The summed E-state index contributed by atoms with van der Waals surface area (Å²) >= 11 is 9.35. The van der Waals surface area contributed by atoms with Crippen LogP contribution >= 0.6 is 27.5 Å². The number of rotatable bonds is 4. The minimum atomic E-state index is -0.0791. The zero-order valence-electron chi connectivity index (χ0n) is 10.3. The second-order valence-electron chi connectivity index (χ2n) is 5.00. The zero-order chi connectivity index (χ0) is 13.1. The smallest absolute Gasteiger partial charge is 0.251 e. The van der Waals surface area contributed by atoms with Crippen LogP contribution < -0.4 is 5.32 Å². The van der Waals surface area contributed by atoms with Crippen molar-refractivity contribution in [2.24, 2.45) is 5.41 Å². The van der Waals surface area contributed by atoms with Crippen molar-refractivity contribution in [2.75, 3.05) is 11.9 Å². The van der Waals surface area contributed by atoms with Crippen LogP contribution in [0.3, 0.4) is 0 Å². The highest BCUT2D eigenvalue weighted by Crippen LogP contribution is 2.18. The Morgan fingerprint density at radius 1 is 1.41 bits per heavy atom. The first-order chi connectivity index (χ1) is 7.84. The summed E-state index contributed by atoms with van der Waals surface area (Å²) in [5.41, 5.74) is 1.64. The molecule has 0 heterocycles. The van der Waals surface area contributed by atoms with Gasteiger partial charge in [-0.2, -0.15) is 0 Å². The highest BCUT2D eigenvalue weighted by molar-refractivity contribution is 9.09. The first-order valence-corrected chi connectivity index (χ1v) is 6.95. The predicted molar refractivity (Wildman–Crippen MR) is 76.1 cm³/mol. The second kappa shape index (κ2) is 5.87. The van der Waals surface area contributed by atoms with E-state index in [4.69, 9.17) is 11.6 Å². The van der Waals surface area contributed by atoms with Crippen molar-refractivity contribution >= 4 is 33.4 Å². The highest BCUT2D eigenvalue weighted by atomic mass is 79.9. The van der Waals surface area contributed by atoms with Gasteiger partial charge in [-0.15, -0.1) is 0 Å². The van der Waals surface area contributed by atoms with E-state index in [0.29, 0.717) is 17.1 Å². The van der Waals surface area contributed by atoms with Crippen LogP contribution in [0, 0.1) is 12.3 Å². The summed E-state index contributed by atoms with van der Waals surface area (Å²) in [6, 6.07) is 5.36. The fourth-order valence-corrected chi connectivity index (χ4v) is 1.82. The molecular weight excluding hydrogens is 302 g/mol. The van der Waals surface area contributed by atoms with Crippen molar-refractivity contribution in [1.82, 2.24) is 5.32 Å². The Bertz CT molecular complexity index is 398. The monoisotopic (exact) mass is 317 g/mol. The Kier molecular flexibility index (Phi) is 5.02. The molecule has 0 atom stereocenters. The molecule has 0 aromatic heterocycles. The first-order valence-electron chi connectivity index (χ1n) is 5.45. The summed E-state index contributed by atoms with van der Waals surface area (Å²) in [5, 5.41) is 4.35. The molecular formula is C13H17BrClNO. The lowest BCUT2D eigenvalue weighted by atomic mass is 9.96. The van der Waals surface area contributed by atoms with Gasteiger partial charge >= 0.3 is 0 Å². The van der Waals surface area contributed by atoms with E-state index in [-0.39, 0.29) is 11.3 Å². The first kappa shape index (κ1) is 14.5. The molecule has 1 rings (SSSR count). The minimum absolute atomic E-state index is 0.0449. The lowest BCUT2D eigenvalue weighted by Gasteiger charge is -2.21. The van der Waals surface area contributed by atoms with Crippen LogP contribution in [-0.4, -0.2) is 17.8 Å². The van der Waals surface area contributed by atoms with E-state index in [0.717, 1.165) is 10.9 Å². The number of halogens is 2. The number of hydrogen-bond acceptors (Lipinski definition) is 1. The number of alkyl halides is 1. The van der Waals surface area contributed by atoms with Crippen LogP contribution in [0.25, 0.3) is 0 Å². The van der Waals surface area contributed by atoms with Crippen LogP contribution in [0.4, 0.5) is 0 Å². The molecule has 1 N–H and O–H groups in total. The molecule has 4 heteroatoms. The molecule has 0 spiro atoms. The van der Waals surface area contributed by atoms with Crippen molar-refractivity contribution in [2.45, 2.75) is 20.8 Å². The molecule has 1 aromatic carbocycles. The van der Waals surface area contributed by atoms with E-state index in [2.05, 4.69) is 35.1 Å². The minimum Gasteiger partial charge on any atom is -0.351 e. The van der Waals surface area contributed by atoms with Gasteiger partial charge in [0.05, 0.1) is 0 Å². The number of amides is 1. The third-order valence-corrected chi connectivity index (χ3v) is 4.13. The fourth-order valence-electron chi connectivity index (χ4n) is 1.34. The van der Waals surface area contributed by atoms with Gasteiger partial charge in [0, 0.05) is 22.5 Å². The number of hydrogen-bond donors (Lipinski definition) is 1. The number of nitrogens with one attached hydrogen (secondary N) is 1. The standard InChI is InChI=1S/C13H17BrClNO/c1-9-4-10(6-11(15)5-9)12(17)16-8-13(2,3)7-14/h4-6H,7-8H2,1-3H3,(H,16,17). The Balaban J connectivity index is 2.70. The van der Waals surface area contributed by atoms with Crippen LogP contribution in [0.15, 0.2) is 18.2 Å². The number of carbonyl (C=O) groups is 1. The molecule has 1 amide bonds. The average molecular weight is 319 g/mol. The molecule has 0 fully saturated rings. The molecule has 0 bridgehead atoms. The normalized spacial score (nSPS) is 11.4. The maximum absolute atomic E-state index is 11.9. The van der Waals surface area contributed by atoms with E-state index >= 15 is 0 Å². The van der Waals surface area contributed by atoms with Crippen molar-refractivity contribution in [1.29, 1.82) is 0 Å². The summed E-state index contributed by atoms with van der Waals surface area (Å²) in [6.07, 6.45) is 0. The summed E-state index contributed by atoms with van der Waals surface area (Å²) in [5.74, 6) is -0.0791. The van der Waals surface area contributed by atoms with E-state index in [1.165, 1.54) is 0 Å². The van der Waals surface area contributed by atoms with Gasteiger partial charge < -0.3 is 5.32 Å². The largest absolute Gasteiger partial charge is 0.351 e. The summed E-state index contributed by atoms with van der Waals surface area (Å²) < 4.78 is 0. The predicted octanol–water partition coefficient (Wildman–Crippen LogP) is 3.80. The number of carbonyl (C=O) groups excluding carboxylic acids is 1. The quantitative estimate of drug-likeness (QED) is 0.841. The van der Waals surface area contributed by atoms with Crippen molar-refractivity contribution in [3.05, 3.63) is 34.3 Å². The van der Waals surface area contributed by atoms with Gasteiger partial charge in [-0.25, -0.2) is 0 Å². The molecule has 2 nitrogen and oxygen atoms in total. The second-order valence-corrected chi connectivity index (χ2v) is 5.99. The van der Waals surface area contributed by atoms with Gasteiger partial charge in [-0.1, -0.05) is 41.4 Å². The van der Waals surface area contributed by atoms with Crippen molar-refractivity contribution in [3.8, 4) is 0 Å². The highest BCUT2D eigenvalue weighted by Gasteiger charge is 2.17. The molecule has 17 heavy (non-hydrogen) atoms. The van der Waals surface area contributed by atoms with Crippen LogP contribution in [0.5, 0.6) is 0 Å². The molecule has 0 aliphatic rings. The Morgan fingerprint density at radius 2 is 2.06 bits per heavy atom. The van der Waals surface area contributed by atoms with Crippen molar-refractivity contribution < 1.29 is 4.79 Å². The number of aryl methyl sites for hydroxylation is 1. The van der Waals surface area contributed by atoms with E-state index in [1.807, 2.05) is 19.1 Å². The third-order valence-electron chi connectivity index (χ3n) is 2.39. The molecule has 0 saturated carbocycles. The molecule has 94 valence electrons. The van der Waals surface area contributed by atoms with Crippen LogP contribution in [0.1, 0.15) is 29.8 Å².